The van der Waals surface area contributed by atoms with E-state index in [1.165, 1.54) is 31.6 Å². The Morgan fingerprint density at radius 2 is 1.59 bits per heavy atom. The largest absolute Gasteiger partial charge is 0.479 e. The topological polar surface area (TPSA) is 217 Å². The van der Waals surface area contributed by atoms with Crippen LogP contribution in [0.4, 0.5) is 20.6 Å². The van der Waals surface area contributed by atoms with Crippen LogP contribution >= 0.6 is 22.9 Å². The number of imidazole rings is 1. The molecule has 3 fully saturated rings. The number of piperidine rings is 3. The van der Waals surface area contributed by atoms with Crippen LogP contribution in [0.1, 0.15) is 127 Å². The summed E-state index contributed by atoms with van der Waals surface area (Å²) in [6, 6.07) is 15.9. The van der Waals surface area contributed by atoms with Gasteiger partial charge in [-0.2, -0.15) is 4.31 Å². The van der Waals surface area contributed by atoms with Gasteiger partial charge in [-0.05, 0) is 135 Å². The quantitative estimate of drug-likeness (QED) is 0.0743. The van der Waals surface area contributed by atoms with E-state index in [1.807, 2.05) is 56.3 Å². The number of aromatic nitrogens is 2. The molecule has 0 saturated carbocycles. The zero-order valence-electron chi connectivity index (χ0n) is 44.1. The van der Waals surface area contributed by atoms with Crippen molar-refractivity contribution in [3.05, 3.63) is 98.0 Å². The van der Waals surface area contributed by atoms with Gasteiger partial charge in [-0.25, -0.2) is 32.0 Å². The van der Waals surface area contributed by atoms with Crippen molar-refractivity contribution < 1.29 is 51.0 Å². The number of rotatable bonds is 13. The van der Waals surface area contributed by atoms with Crippen LogP contribution in [-0.4, -0.2) is 106 Å². The number of ether oxygens (including phenoxy) is 3. The van der Waals surface area contributed by atoms with E-state index in [9.17, 15) is 37.2 Å². The van der Waals surface area contributed by atoms with Gasteiger partial charge >= 0.3 is 23.7 Å². The molecule has 76 heavy (non-hydrogen) atoms. The first-order valence-corrected chi connectivity index (χ1v) is 28.0. The summed E-state index contributed by atoms with van der Waals surface area (Å²) in [5.41, 5.74) is 0.541. The maximum atomic E-state index is 16.2. The molecule has 0 radical (unpaired) electrons. The summed E-state index contributed by atoms with van der Waals surface area (Å²) in [5, 5.41) is 8.65. The standard InChI is InChI=1S/C54H65ClFN7O11S2/c1-52(2,3)73-42(65)29-72-45-43(55)46(75-47(45)49(67)74-53(4,5)6)33-12-10-14-35(26-33)57-36-22-25-62(54(7,8)28-36)76(70,71)30-34-13-11-15-37(44(34)56)58-50(68)61-23-20-31(21-24-61)32-16-17-38-40(27-32)60(9)51(69)63(38)39-18-19-41(64)59-48(39)66/h10-17,26-27,31,36,39,57H,18-25,28-30H2,1-9H3,(H,58,68)(H,59,64,66)/t36-,39?/m1/s1. The molecule has 3 aliphatic heterocycles. The second-order valence-corrected chi connectivity index (χ2v) is 25.5. The molecule has 3 aliphatic rings. The number of carbonyl (C=O) groups is 5. The summed E-state index contributed by atoms with van der Waals surface area (Å²) in [4.78, 5) is 79.4. The fraction of sp³-hybridized carbons (Fsp3) is 0.481. The van der Waals surface area contributed by atoms with Gasteiger partial charge in [0.2, 0.25) is 21.8 Å². The van der Waals surface area contributed by atoms with Crippen molar-refractivity contribution in [1.82, 2.24) is 23.7 Å². The van der Waals surface area contributed by atoms with Gasteiger partial charge < -0.3 is 29.7 Å². The van der Waals surface area contributed by atoms with Crippen LogP contribution in [0.3, 0.4) is 0 Å². The number of anilines is 2. The number of halogens is 2. The number of thiophene rings is 1. The zero-order chi connectivity index (χ0) is 55.2. The predicted octanol–water partition coefficient (Wildman–Crippen LogP) is 9.11. The fourth-order valence-electron chi connectivity index (χ4n) is 10.2. The van der Waals surface area contributed by atoms with Crippen LogP contribution in [0.2, 0.25) is 5.02 Å². The van der Waals surface area contributed by atoms with Crippen molar-refractivity contribution >= 4 is 85.2 Å². The summed E-state index contributed by atoms with van der Waals surface area (Å²) < 4.78 is 65.8. The van der Waals surface area contributed by atoms with E-state index >= 15 is 4.39 Å². The lowest BCUT2D eigenvalue weighted by atomic mass is 9.89. The van der Waals surface area contributed by atoms with Crippen molar-refractivity contribution in [1.29, 1.82) is 0 Å². The van der Waals surface area contributed by atoms with Crippen molar-refractivity contribution in [3.8, 4) is 16.2 Å². The van der Waals surface area contributed by atoms with Crippen LogP contribution in [-0.2, 0) is 46.7 Å². The van der Waals surface area contributed by atoms with Gasteiger partial charge in [-0.3, -0.25) is 24.0 Å². The molecular weight excluding hydrogens is 1040 g/mol. The van der Waals surface area contributed by atoms with Crippen molar-refractivity contribution in [2.45, 2.75) is 134 Å². The molecule has 2 atom stereocenters. The highest BCUT2D eigenvalue weighted by Gasteiger charge is 2.42. The summed E-state index contributed by atoms with van der Waals surface area (Å²) in [6.07, 6.45) is 2.39. The third kappa shape index (κ3) is 12.4. The molecule has 0 aliphatic carbocycles. The SMILES string of the molecule is Cn1c(=O)n(C2CCC(=O)NC2=O)c2ccc(C3CCN(C(=O)Nc4cccc(CS(=O)(=O)N5CC[C@@H](Nc6cccc(-c7sc(C(=O)OC(C)(C)C)c(OCC(=O)OC(C)(C)C)c7Cl)c6)CC5(C)C)c4F)CC3)cc21. The second-order valence-electron chi connectivity index (χ2n) is 22.2. The van der Waals surface area contributed by atoms with Crippen molar-refractivity contribution in [3.63, 3.8) is 0 Å². The normalized spacial score (nSPS) is 18.8. The molecule has 5 aromatic rings. The van der Waals surface area contributed by atoms with Gasteiger partial charge in [0, 0.05) is 55.9 Å². The third-order valence-corrected chi connectivity index (χ3v) is 17.3. The minimum Gasteiger partial charge on any atom is -0.479 e. The van der Waals surface area contributed by atoms with Gasteiger partial charge in [0.25, 0.3) is 0 Å². The van der Waals surface area contributed by atoms with Gasteiger partial charge in [0.15, 0.2) is 23.1 Å². The van der Waals surface area contributed by atoms with Crippen LogP contribution in [0, 0.1) is 5.82 Å². The Morgan fingerprint density at radius 3 is 2.26 bits per heavy atom. The average Bonchev–Trinajstić information content (AvgIpc) is 3.79. The number of sulfonamides is 1. The van der Waals surface area contributed by atoms with E-state index in [2.05, 4.69) is 16.0 Å². The number of hydrogen-bond acceptors (Lipinski definition) is 13. The molecule has 0 spiro atoms. The summed E-state index contributed by atoms with van der Waals surface area (Å²) in [7, 11) is -2.44. The van der Waals surface area contributed by atoms with Gasteiger partial charge in [0.1, 0.15) is 22.3 Å². The number of nitrogens with zero attached hydrogens (tertiary/aromatic N) is 4. The molecule has 22 heteroatoms. The number of benzene rings is 3. The monoisotopic (exact) mass is 1110 g/mol. The lowest BCUT2D eigenvalue weighted by molar-refractivity contribution is -0.157. The molecule has 4 amide bonds. The Kier molecular flexibility index (Phi) is 15.9. The Hall–Kier alpha value is -6.29. The van der Waals surface area contributed by atoms with Crippen molar-refractivity contribution in [2.24, 2.45) is 7.05 Å². The minimum atomic E-state index is -4.08. The van der Waals surface area contributed by atoms with E-state index < -0.39 is 74.9 Å². The Morgan fingerprint density at radius 1 is 0.895 bits per heavy atom. The summed E-state index contributed by atoms with van der Waals surface area (Å²) in [6.45, 7) is 14.4. The first-order chi connectivity index (χ1) is 35.6. The fourth-order valence-corrected chi connectivity index (χ4v) is 13.6. The molecule has 408 valence electrons. The lowest BCUT2D eigenvalue weighted by Crippen LogP contribution is -2.55. The lowest BCUT2D eigenvalue weighted by Gasteiger charge is -2.45. The van der Waals surface area contributed by atoms with Gasteiger partial charge in [-0.15, -0.1) is 11.3 Å². The number of aryl methyl sites for hydroxylation is 1. The molecule has 0 bridgehead atoms. The third-order valence-electron chi connectivity index (χ3n) is 13.6. The highest BCUT2D eigenvalue weighted by molar-refractivity contribution is 7.88. The maximum absolute atomic E-state index is 16.2. The van der Waals surface area contributed by atoms with Gasteiger partial charge in [0.05, 0.1) is 27.4 Å². The summed E-state index contributed by atoms with van der Waals surface area (Å²) >= 11 is 7.98. The smallest absolute Gasteiger partial charge is 0.352 e. The molecule has 8 rings (SSSR count). The number of hydrogen-bond donors (Lipinski definition) is 3. The van der Waals surface area contributed by atoms with Crippen LogP contribution < -0.4 is 26.4 Å². The van der Waals surface area contributed by atoms with Crippen LogP contribution in [0.5, 0.6) is 5.75 Å². The van der Waals surface area contributed by atoms with E-state index in [1.54, 1.807) is 53.5 Å². The van der Waals surface area contributed by atoms with E-state index in [-0.39, 0.29) is 69.8 Å². The number of fused-ring (bicyclic) bond motifs is 1. The zero-order valence-corrected chi connectivity index (χ0v) is 46.5. The molecule has 18 nitrogen and oxygen atoms in total. The number of amides is 4. The number of nitrogens with one attached hydrogen (secondary N) is 3. The van der Waals surface area contributed by atoms with Gasteiger partial charge in [-0.1, -0.05) is 41.9 Å². The molecule has 3 saturated heterocycles. The number of esters is 2. The molecular formula is C54H65ClFN7O11S2. The second kappa shape index (κ2) is 21.6. The van der Waals surface area contributed by atoms with Crippen molar-refractivity contribution in [2.75, 3.05) is 36.9 Å². The molecule has 2 aromatic heterocycles. The highest BCUT2D eigenvalue weighted by Crippen LogP contribution is 2.47. The average molecular weight is 1110 g/mol. The molecule has 1 unspecified atom stereocenters. The Labute approximate surface area is 450 Å². The molecule has 5 heterocycles. The van der Waals surface area contributed by atoms with E-state index in [0.29, 0.717) is 65.9 Å². The Balaban J connectivity index is 0.881. The number of urea groups is 1. The first kappa shape index (κ1) is 55.9. The molecule has 3 N–H and O–H groups in total. The van der Waals surface area contributed by atoms with E-state index in [0.717, 1.165) is 16.9 Å². The predicted molar refractivity (Wildman–Crippen MR) is 289 cm³/mol. The number of imide groups is 1. The minimum absolute atomic E-state index is 0.00630. The summed E-state index contributed by atoms with van der Waals surface area (Å²) in [5.74, 6) is -3.57. The maximum Gasteiger partial charge on any atom is 0.352 e. The number of carbonyl (C=O) groups excluding carboxylic acids is 5. The van der Waals surface area contributed by atoms with Crippen LogP contribution in [0.25, 0.3) is 21.5 Å². The molecule has 3 aromatic carbocycles. The Bertz CT molecular complexity index is 3280. The first-order valence-electron chi connectivity index (χ1n) is 25.2. The van der Waals surface area contributed by atoms with E-state index in [4.69, 9.17) is 25.8 Å². The number of likely N-dealkylation sites (tertiary alicyclic amines) is 1. The highest BCUT2D eigenvalue weighted by atomic mass is 35.5. The van der Waals surface area contributed by atoms with Crippen LogP contribution in [0.15, 0.2) is 65.5 Å².